The normalized spacial score (nSPS) is 13.4. The number of hydrazine groups is 1. The fourth-order valence-corrected chi connectivity index (χ4v) is 5.56. The minimum absolute atomic E-state index is 0. The molecule has 0 aromatic heterocycles. The number of carbonyl (C=O) groups excluding carboxylic acids is 3. The number of nitro groups is 1. The zero-order valence-corrected chi connectivity index (χ0v) is 26.2. The molecule has 47 heavy (non-hydrogen) atoms. The van der Waals surface area contributed by atoms with Crippen LogP contribution in [0.15, 0.2) is 53.5 Å². The first-order valence-electron chi connectivity index (χ1n) is 15.4. The summed E-state index contributed by atoms with van der Waals surface area (Å²) >= 11 is 0. The van der Waals surface area contributed by atoms with E-state index < -0.39 is 36.0 Å². The molecule has 0 heterocycles. The standard InChI is InChI=1S/C31H43BN6O8.CH4/c1-20(2)17-28(32(42)43)36-29(40)21(9-7-15-34-30(33)37-38(44)45)18-22(39)10-8-16-35-31(41)46-19-27-25-13-5-3-11-23(25)24-12-4-6-14-26(24)27;/h3-6,11-14,20-21,27-28,42-43H,7-10,15-19H2,1-2H3,(H,35,41)(H,36,40)(H3,33,34,37);1H4/t21-,28+;/m1./s1. The number of ketones is 1. The molecule has 0 unspecified atom stereocenters. The Bertz CT molecular complexity index is 1340. The van der Waals surface area contributed by atoms with E-state index in [2.05, 4.69) is 27.8 Å². The maximum atomic E-state index is 13.1. The Labute approximate surface area is 275 Å². The number of ether oxygens (including phenoxy) is 1. The number of carbonyl (C=O) groups is 3. The first kappa shape index (κ1) is 38.7. The van der Waals surface area contributed by atoms with Gasteiger partial charge in [0.25, 0.3) is 5.96 Å². The third kappa shape index (κ3) is 12.3. The zero-order chi connectivity index (χ0) is 33.6. The number of rotatable bonds is 18. The molecule has 256 valence electrons. The largest absolute Gasteiger partial charge is 0.475 e. The topological polar surface area (TPSA) is 219 Å². The molecular formula is C32H47BN6O8. The molecule has 0 saturated heterocycles. The van der Waals surface area contributed by atoms with Gasteiger partial charge in [0.2, 0.25) is 5.91 Å². The summed E-state index contributed by atoms with van der Waals surface area (Å²) in [7, 11) is -1.77. The number of amides is 2. The number of guanidine groups is 1. The second-order valence-electron chi connectivity index (χ2n) is 11.7. The lowest BCUT2D eigenvalue weighted by Gasteiger charge is -2.23. The molecule has 2 aromatic rings. The van der Waals surface area contributed by atoms with Crippen molar-refractivity contribution in [3.63, 3.8) is 0 Å². The number of nitrogens with zero attached hydrogens (tertiary/aromatic N) is 2. The van der Waals surface area contributed by atoms with Gasteiger partial charge in [0, 0.05) is 37.8 Å². The lowest BCUT2D eigenvalue weighted by Crippen LogP contribution is -2.49. The van der Waals surface area contributed by atoms with Crippen LogP contribution in [0.2, 0.25) is 0 Å². The first-order valence-corrected chi connectivity index (χ1v) is 15.4. The van der Waals surface area contributed by atoms with Crippen molar-refractivity contribution < 1.29 is 34.2 Å². The van der Waals surface area contributed by atoms with Crippen molar-refractivity contribution in [3.8, 4) is 11.1 Å². The van der Waals surface area contributed by atoms with Gasteiger partial charge in [-0.2, -0.15) is 0 Å². The quantitative estimate of drug-likeness (QED) is 0.0345. The van der Waals surface area contributed by atoms with Gasteiger partial charge in [0.05, 0.1) is 5.94 Å². The van der Waals surface area contributed by atoms with Crippen LogP contribution in [-0.4, -0.2) is 71.6 Å². The molecule has 2 amide bonds. The van der Waals surface area contributed by atoms with Gasteiger partial charge >= 0.3 is 13.2 Å². The number of hydrogen-bond acceptors (Lipinski definition) is 9. The van der Waals surface area contributed by atoms with Crippen molar-refractivity contribution in [3.05, 3.63) is 69.8 Å². The number of hydrogen-bond donors (Lipinski definition) is 6. The molecule has 0 bridgehead atoms. The molecule has 0 saturated carbocycles. The molecular weight excluding hydrogens is 607 g/mol. The summed E-state index contributed by atoms with van der Waals surface area (Å²) in [4.78, 5) is 52.7. The highest BCUT2D eigenvalue weighted by molar-refractivity contribution is 6.43. The highest BCUT2D eigenvalue weighted by Crippen LogP contribution is 2.44. The predicted octanol–water partition coefficient (Wildman–Crippen LogP) is 2.94. The van der Waals surface area contributed by atoms with E-state index in [4.69, 9.17) is 10.5 Å². The Balaban J connectivity index is 0.00000768. The van der Waals surface area contributed by atoms with E-state index in [1.807, 2.05) is 50.2 Å². The van der Waals surface area contributed by atoms with Crippen molar-refractivity contribution in [2.24, 2.45) is 22.6 Å². The lowest BCUT2D eigenvalue weighted by atomic mass is 9.74. The summed E-state index contributed by atoms with van der Waals surface area (Å²) in [6, 6.07) is 16.1. The predicted molar refractivity (Wildman–Crippen MR) is 180 cm³/mol. The number of nitrogens with two attached hydrogens (primary N) is 1. The van der Waals surface area contributed by atoms with Crippen LogP contribution in [0.3, 0.4) is 0 Å². The van der Waals surface area contributed by atoms with Crippen molar-refractivity contribution in [2.45, 2.75) is 71.7 Å². The fourth-order valence-electron chi connectivity index (χ4n) is 5.56. The molecule has 1 aliphatic rings. The van der Waals surface area contributed by atoms with Crippen molar-refractivity contribution in [1.29, 1.82) is 0 Å². The minimum Gasteiger partial charge on any atom is -0.449 e. The Morgan fingerprint density at radius 2 is 1.68 bits per heavy atom. The average Bonchev–Trinajstić information content (AvgIpc) is 3.32. The lowest BCUT2D eigenvalue weighted by molar-refractivity contribution is -0.525. The highest BCUT2D eigenvalue weighted by Gasteiger charge is 2.31. The number of fused-ring (bicyclic) bond motifs is 3. The summed E-state index contributed by atoms with van der Waals surface area (Å²) in [5.74, 6) is -2.81. The van der Waals surface area contributed by atoms with E-state index in [-0.39, 0.29) is 70.0 Å². The monoisotopic (exact) mass is 654 g/mol. The van der Waals surface area contributed by atoms with Crippen molar-refractivity contribution >= 4 is 30.9 Å². The molecule has 3 rings (SSSR count). The number of alkyl carbamates (subject to hydrolysis) is 1. The van der Waals surface area contributed by atoms with Crippen LogP contribution in [0, 0.1) is 22.0 Å². The maximum absolute atomic E-state index is 13.1. The Morgan fingerprint density at radius 1 is 1.06 bits per heavy atom. The van der Waals surface area contributed by atoms with E-state index in [1.54, 1.807) is 5.43 Å². The van der Waals surface area contributed by atoms with Crippen LogP contribution in [0.25, 0.3) is 11.1 Å². The number of Topliss-reactive ketones (excluding diaryl/α,β-unsaturated/α-hetero) is 1. The Hall–Kier alpha value is -4.50. The Kier molecular flexibility index (Phi) is 15.8. The van der Waals surface area contributed by atoms with Gasteiger partial charge in [-0.05, 0) is 53.9 Å². The van der Waals surface area contributed by atoms with Crippen LogP contribution < -0.4 is 21.8 Å². The second-order valence-corrected chi connectivity index (χ2v) is 11.7. The van der Waals surface area contributed by atoms with Crippen LogP contribution in [-0.2, 0) is 14.3 Å². The summed E-state index contributed by atoms with van der Waals surface area (Å²) in [6.07, 6.45) is 0.556. The molecule has 7 N–H and O–H groups in total. The van der Waals surface area contributed by atoms with E-state index in [1.165, 1.54) is 0 Å². The molecule has 2 aromatic carbocycles. The zero-order valence-electron chi connectivity index (χ0n) is 26.2. The third-order valence-electron chi connectivity index (χ3n) is 7.70. The Morgan fingerprint density at radius 3 is 2.26 bits per heavy atom. The van der Waals surface area contributed by atoms with Gasteiger partial charge in [-0.3, -0.25) is 9.59 Å². The van der Waals surface area contributed by atoms with E-state index in [0.29, 0.717) is 19.3 Å². The second kappa shape index (κ2) is 19.2. The molecule has 15 heteroatoms. The summed E-state index contributed by atoms with van der Waals surface area (Å²) in [5, 5.41) is 34.4. The molecule has 14 nitrogen and oxygen atoms in total. The van der Waals surface area contributed by atoms with E-state index in [9.17, 15) is 34.5 Å². The van der Waals surface area contributed by atoms with Gasteiger partial charge in [-0.25, -0.2) is 19.9 Å². The smallest absolute Gasteiger partial charge is 0.449 e. The number of benzene rings is 2. The van der Waals surface area contributed by atoms with E-state index >= 15 is 0 Å². The first-order chi connectivity index (χ1) is 22.0. The van der Waals surface area contributed by atoms with Crippen LogP contribution >= 0.6 is 0 Å². The highest BCUT2D eigenvalue weighted by atomic mass is 16.7. The minimum atomic E-state index is -1.77. The van der Waals surface area contributed by atoms with Crippen LogP contribution in [0.1, 0.15) is 76.8 Å². The average molecular weight is 655 g/mol. The van der Waals surface area contributed by atoms with Gasteiger partial charge < -0.3 is 31.2 Å². The van der Waals surface area contributed by atoms with Crippen LogP contribution in [0.4, 0.5) is 4.79 Å². The van der Waals surface area contributed by atoms with Gasteiger partial charge in [-0.1, -0.05) is 75.2 Å². The van der Waals surface area contributed by atoms with Gasteiger partial charge in [-0.15, -0.1) is 0 Å². The number of aliphatic imine (C=N–C) groups is 1. The summed E-state index contributed by atoms with van der Waals surface area (Å²) < 4.78 is 5.53. The number of nitrogens with one attached hydrogen (secondary N) is 3. The summed E-state index contributed by atoms with van der Waals surface area (Å²) in [6.45, 7) is 4.20. The SMILES string of the molecule is C.CC(C)C[C@H](NC(=O)[C@H](CCCN=C(N)N[N+](=O)[O-])CC(=O)CCCNC(=O)OCC1c2ccccc2-c2ccccc21)B(O)O. The third-order valence-corrected chi connectivity index (χ3v) is 7.70. The molecule has 1 aliphatic carbocycles. The fraction of sp³-hybridized carbons (Fsp3) is 0.500. The van der Waals surface area contributed by atoms with Gasteiger partial charge in [0.15, 0.2) is 5.03 Å². The molecule has 0 aliphatic heterocycles. The van der Waals surface area contributed by atoms with E-state index in [0.717, 1.165) is 22.3 Å². The van der Waals surface area contributed by atoms with Gasteiger partial charge in [0.1, 0.15) is 12.4 Å². The molecule has 2 atom stereocenters. The summed E-state index contributed by atoms with van der Waals surface area (Å²) in [5.41, 5.74) is 11.6. The maximum Gasteiger partial charge on any atom is 0.475 e. The van der Waals surface area contributed by atoms with Crippen LogP contribution in [0.5, 0.6) is 0 Å². The van der Waals surface area contributed by atoms with Crippen molar-refractivity contribution in [2.75, 3.05) is 19.7 Å². The molecule has 0 radical (unpaired) electrons. The molecule has 0 fully saturated rings. The van der Waals surface area contributed by atoms with Crippen molar-refractivity contribution in [1.82, 2.24) is 16.1 Å². The molecule has 0 spiro atoms.